The molecule has 0 aromatic carbocycles. The predicted octanol–water partition coefficient (Wildman–Crippen LogP) is 1.47. The maximum Gasteiger partial charge on any atom is 0.222 e. The molecular formula is C15H23N3O. The van der Waals surface area contributed by atoms with Gasteiger partial charge in [-0.1, -0.05) is 0 Å². The fourth-order valence-corrected chi connectivity index (χ4v) is 2.47. The summed E-state index contributed by atoms with van der Waals surface area (Å²) in [6, 6.07) is 4.01. The van der Waals surface area contributed by atoms with Crippen molar-refractivity contribution in [3.05, 3.63) is 30.1 Å². The Morgan fingerprint density at radius 1 is 1.47 bits per heavy atom. The highest BCUT2D eigenvalue weighted by Crippen LogP contribution is 2.15. The number of nitrogens with one attached hydrogen (secondary N) is 1. The van der Waals surface area contributed by atoms with E-state index in [4.69, 9.17) is 0 Å². The highest BCUT2D eigenvalue weighted by atomic mass is 16.2. The summed E-state index contributed by atoms with van der Waals surface area (Å²) in [5.41, 5.74) is 1.23. The van der Waals surface area contributed by atoms with E-state index in [2.05, 4.69) is 10.3 Å². The second-order valence-electron chi connectivity index (χ2n) is 5.34. The van der Waals surface area contributed by atoms with E-state index in [1.807, 2.05) is 24.1 Å². The summed E-state index contributed by atoms with van der Waals surface area (Å²) >= 11 is 0. The van der Waals surface area contributed by atoms with Crippen LogP contribution < -0.4 is 5.32 Å². The SMILES string of the molecule is CN(CCc1ccncc1)C(=O)CC1CCCNC1. The summed E-state index contributed by atoms with van der Waals surface area (Å²) in [4.78, 5) is 18.0. The fourth-order valence-electron chi connectivity index (χ4n) is 2.47. The minimum atomic E-state index is 0.266. The Labute approximate surface area is 115 Å². The first-order valence-corrected chi connectivity index (χ1v) is 7.09. The van der Waals surface area contributed by atoms with Crippen molar-refractivity contribution < 1.29 is 4.79 Å². The highest BCUT2D eigenvalue weighted by molar-refractivity contribution is 5.76. The molecule has 1 saturated heterocycles. The van der Waals surface area contributed by atoms with Crippen LogP contribution in [0, 0.1) is 5.92 Å². The molecule has 1 aromatic heterocycles. The van der Waals surface area contributed by atoms with Crippen molar-refractivity contribution in [2.45, 2.75) is 25.7 Å². The van der Waals surface area contributed by atoms with Gasteiger partial charge in [0.1, 0.15) is 0 Å². The predicted molar refractivity (Wildman–Crippen MR) is 75.8 cm³/mol. The van der Waals surface area contributed by atoms with E-state index >= 15 is 0 Å². The normalized spacial score (nSPS) is 19.1. The maximum atomic E-state index is 12.1. The van der Waals surface area contributed by atoms with Gasteiger partial charge < -0.3 is 10.2 Å². The third kappa shape index (κ3) is 4.63. The van der Waals surface area contributed by atoms with Crippen molar-refractivity contribution in [2.24, 2.45) is 5.92 Å². The van der Waals surface area contributed by atoms with Crippen LogP contribution in [-0.2, 0) is 11.2 Å². The largest absolute Gasteiger partial charge is 0.345 e. The molecule has 0 aliphatic carbocycles. The lowest BCUT2D eigenvalue weighted by molar-refractivity contribution is -0.131. The summed E-state index contributed by atoms with van der Waals surface area (Å²) in [5.74, 6) is 0.785. The number of carbonyl (C=O) groups excluding carboxylic acids is 1. The summed E-state index contributed by atoms with van der Waals surface area (Å²) in [7, 11) is 1.90. The molecule has 2 rings (SSSR count). The molecule has 4 heteroatoms. The van der Waals surface area contributed by atoms with Crippen LogP contribution >= 0.6 is 0 Å². The number of rotatable bonds is 5. The molecule has 1 amide bonds. The molecule has 1 atom stereocenters. The van der Waals surface area contributed by atoms with E-state index in [1.54, 1.807) is 12.4 Å². The Hall–Kier alpha value is -1.42. The molecule has 4 nitrogen and oxygen atoms in total. The van der Waals surface area contributed by atoms with Gasteiger partial charge in [0.05, 0.1) is 0 Å². The molecule has 104 valence electrons. The zero-order chi connectivity index (χ0) is 13.5. The van der Waals surface area contributed by atoms with Gasteiger partial charge in [-0.3, -0.25) is 9.78 Å². The summed E-state index contributed by atoms with van der Waals surface area (Å²) < 4.78 is 0. The number of likely N-dealkylation sites (N-methyl/N-ethyl adjacent to an activating group) is 1. The minimum Gasteiger partial charge on any atom is -0.345 e. The number of piperidine rings is 1. The Kier molecular flexibility index (Phi) is 5.33. The summed E-state index contributed by atoms with van der Waals surface area (Å²) in [6.45, 7) is 2.87. The number of aromatic nitrogens is 1. The monoisotopic (exact) mass is 261 g/mol. The molecule has 0 radical (unpaired) electrons. The number of hydrogen-bond acceptors (Lipinski definition) is 3. The third-order valence-electron chi connectivity index (χ3n) is 3.77. The quantitative estimate of drug-likeness (QED) is 0.873. The third-order valence-corrected chi connectivity index (χ3v) is 3.77. The van der Waals surface area contributed by atoms with Crippen LogP contribution in [-0.4, -0.2) is 42.5 Å². The first-order valence-electron chi connectivity index (χ1n) is 7.09. The second kappa shape index (κ2) is 7.24. The van der Waals surface area contributed by atoms with Gasteiger partial charge in [-0.05, 0) is 56.0 Å². The molecule has 1 aliphatic heterocycles. The molecule has 1 unspecified atom stereocenters. The van der Waals surface area contributed by atoms with Gasteiger partial charge in [0.15, 0.2) is 0 Å². The van der Waals surface area contributed by atoms with Gasteiger partial charge in [0, 0.05) is 32.4 Å². The average Bonchev–Trinajstić information content (AvgIpc) is 2.47. The first-order chi connectivity index (χ1) is 9.25. The maximum absolute atomic E-state index is 12.1. The number of hydrogen-bond donors (Lipinski definition) is 1. The van der Waals surface area contributed by atoms with E-state index in [0.29, 0.717) is 12.3 Å². The van der Waals surface area contributed by atoms with Crippen molar-refractivity contribution in [1.29, 1.82) is 0 Å². The van der Waals surface area contributed by atoms with Gasteiger partial charge in [0.2, 0.25) is 5.91 Å². The van der Waals surface area contributed by atoms with Gasteiger partial charge >= 0.3 is 0 Å². The Balaban J connectivity index is 1.72. The van der Waals surface area contributed by atoms with Gasteiger partial charge in [0.25, 0.3) is 0 Å². The number of nitrogens with zero attached hydrogens (tertiary/aromatic N) is 2. The topological polar surface area (TPSA) is 45.2 Å². The summed E-state index contributed by atoms with van der Waals surface area (Å²) in [6.07, 6.45) is 7.54. The van der Waals surface area contributed by atoms with E-state index in [-0.39, 0.29) is 5.91 Å². The standard InChI is InChI=1S/C15H23N3O/c1-18(10-6-13-4-8-16-9-5-13)15(19)11-14-3-2-7-17-12-14/h4-5,8-9,14,17H,2-3,6-7,10-12H2,1H3. The highest BCUT2D eigenvalue weighted by Gasteiger charge is 2.18. The molecule has 1 aromatic rings. The van der Waals surface area contributed by atoms with Gasteiger partial charge in [-0.25, -0.2) is 0 Å². The first kappa shape index (κ1) is 14.0. The van der Waals surface area contributed by atoms with Crippen LogP contribution in [0.1, 0.15) is 24.8 Å². The summed E-state index contributed by atoms with van der Waals surface area (Å²) in [5, 5.41) is 3.36. The molecule has 2 heterocycles. The van der Waals surface area contributed by atoms with E-state index < -0.39 is 0 Å². The lowest BCUT2D eigenvalue weighted by Gasteiger charge is -2.25. The van der Waals surface area contributed by atoms with Crippen LogP contribution in [0.4, 0.5) is 0 Å². The van der Waals surface area contributed by atoms with E-state index in [9.17, 15) is 4.79 Å². The van der Waals surface area contributed by atoms with Crippen molar-refractivity contribution in [2.75, 3.05) is 26.7 Å². The van der Waals surface area contributed by atoms with Crippen LogP contribution in [0.3, 0.4) is 0 Å². The number of carbonyl (C=O) groups is 1. The molecular weight excluding hydrogens is 238 g/mol. The number of pyridine rings is 1. The molecule has 19 heavy (non-hydrogen) atoms. The second-order valence-corrected chi connectivity index (χ2v) is 5.34. The Morgan fingerprint density at radius 2 is 2.26 bits per heavy atom. The Bertz CT molecular complexity index is 388. The average molecular weight is 261 g/mol. The molecule has 0 bridgehead atoms. The minimum absolute atomic E-state index is 0.266. The van der Waals surface area contributed by atoms with Crippen LogP contribution in [0.5, 0.6) is 0 Å². The molecule has 1 aliphatic rings. The smallest absolute Gasteiger partial charge is 0.222 e. The van der Waals surface area contributed by atoms with Crippen LogP contribution in [0.2, 0.25) is 0 Å². The van der Waals surface area contributed by atoms with Crippen LogP contribution in [0.25, 0.3) is 0 Å². The van der Waals surface area contributed by atoms with Crippen molar-refractivity contribution in [3.8, 4) is 0 Å². The molecule has 0 saturated carbocycles. The lowest BCUT2D eigenvalue weighted by Crippen LogP contribution is -2.35. The number of amides is 1. The zero-order valence-electron chi connectivity index (χ0n) is 11.6. The van der Waals surface area contributed by atoms with Crippen molar-refractivity contribution in [3.63, 3.8) is 0 Å². The van der Waals surface area contributed by atoms with Crippen molar-refractivity contribution in [1.82, 2.24) is 15.2 Å². The molecule has 0 spiro atoms. The van der Waals surface area contributed by atoms with Crippen LogP contribution in [0.15, 0.2) is 24.5 Å². The molecule has 1 N–H and O–H groups in total. The fraction of sp³-hybridized carbons (Fsp3) is 0.600. The van der Waals surface area contributed by atoms with E-state index in [0.717, 1.165) is 26.1 Å². The zero-order valence-corrected chi connectivity index (χ0v) is 11.6. The Morgan fingerprint density at radius 3 is 2.95 bits per heavy atom. The van der Waals surface area contributed by atoms with Crippen molar-refractivity contribution >= 4 is 5.91 Å². The lowest BCUT2D eigenvalue weighted by atomic mass is 9.95. The van der Waals surface area contributed by atoms with E-state index in [1.165, 1.54) is 18.4 Å². The van der Waals surface area contributed by atoms with Gasteiger partial charge in [-0.15, -0.1) is 0 Å². The molecule has 1 fully saturated rings. The van der Waals surface area contributed by atoms with Gasteiger partial charge in [-0.2, -0.15) is 0 Å².